The Morgan fingerprint density at radius 2 is 1.72 bits per heavy atom. The van der Waals surface area contributed by atoms with E-state index in [4.69, 9.17) is 0 Å². The number of carbonyl (C=O) groups excluding carboxylic acids is 1. The molecule has 3 heterocycles. The second-order valence-electron chi connectivity index (χ2n) is 8.24. The Balaban J connectivity index is 1.31. The quantitative estimate of drug-likeness (QED) is 0.498. The van der Waals surface area contributed by atoms with E-state index in [1.807, 2.05) is 54.3 Å². The molecule has 0 N–H and O–H groups in total. The summed E-state index contributed by atoms with van der Waals surface area (Å²) in [6.45, 7) is 6.80. The summed E-state index contributed by atoms with van der Waals surface area (Å²) in [6.07, 6.45) is 1.99. The molecule has 1 saturated heterocycles. The van der Waals surface area contributed by atoms with Crippen LogP contribution in [-0.4, -0.2) is 61.9 Å². The maximum Gasteiger partial charge on any atom is 0.227 e. The summed E-state index contributed by atoms with van der Waals surface area (Å²) in [7, 11) is 0. The normalized spacial score (nSPS) is 14.2. The number of anilines is 1. The number of aryl methyl sites for hydroxylation is 2. The van der Waals surface area contributed by atoms with E-state index in [1.165, 1.54) is 11.1 Å². The summed E-state index contributed by atoms with van der Waals surface area (Å²) in [6, 6.07) is 16.2. The number of carbonyl (C=O) groups is 1. The number of benzene rings is 2. The average molecular weight is 428 g/mol. The number of piperazine rings is 1. The largest absolute Gasteiger partial charge is 0.351 e. The zero-order valence-corrected chi connectivity index (χ0v) is 18.3. The van der Waals surface area contributed by atoms with Crippen molar-refractivity contribution >= 4 is 22.9 Å². The van der Waals surface area contributed by atoms with Gasteiger partial charge < -0.3 is 9.80 Å². The highest BCUT2D eigenvalue weighted by Crippen LogP contribution is 2.24. The van der Waals surface area contributed by atoms with Crippen LogP contribution in [0.25, 0.3) is 16.9 Å². The molecular weight excluding hydrogens is 402 g/mol. The zero-order valence-electron chi connectivity index (χ0n) is 18.3. The minimum atomic E-state index is 0.161. The van der Waals surface area contributed by atoms with Crippen molar-refractivity contribution < 1.29 is 4.79 Å². The van der Waals surface area contributed by atoms with Gasteiger partial charge in [0.15, 0.2) is 17.0 Å². The number of hydrogen-bond donors (Lipinski definition) is 0. The van der Waals surface area contributed by atoms with Gasteiger partial charge in [-0.05, 0) is 31.5 Å². The Bertz CT molecular complexity index is 1260. The summed E-state index contributed by atoms with van der Waals surface area (Å²) in [5, 5.41) is 8.70. The Morgan fingerprint density at radius 1 is 0.938 bits per heavy atom. The molecule has 4 aromatic rings. The van der Waals surface area contributed by atoms with Crippen molar-refractivity contribution in [2.45, 2.75) is 20.3 Å². The predicted octanol–water partition coefficient (Wildman–Crippen LogP) is 2.72. The van der Waals surface area contributed by atoms with E-state index in [0.29, 0.717) is 43.8 Å². The summed E-state index contributed by atoms with van der Waals surface area (Å²) in [5.41, 5.74) is 5.68. The SMILES string of the molecule is Cc1ccc(-n2nnc3c(N4CCN(C(=O)Cc5cccc(C)c5)CC4)ncnc32)cc1. The number of rotatable bonds is 4. The molecule has 1 fully saturated rings. The molecule has 8 heteroatoms. The Kier molecular flexibility index (Phi) is 5.26. The highest BCUT2D eigenvalue weighted by atomic mass is 16.2. The Morgan fingerprint density at radius 3 is 2.47 bits per heavy atom. The van der Waals surface area contributed by atoms with E-state index in [9.17, 15) is 4.79 Å². The molecule has 8 nitrogen and oxygen atoms in total. The van der Waals surface area contributed by atoms with E-state index in [1.54, 1.807) is 11.0 Å². The minimum absolute atomic E-state index is 0.161. The van der Waals surface area contributed by atoms with Gasteiger partial charge in [0.05, 0.1) is 12.1 Å². The van der Waals surface area contributed by atoms with Crippen LogP contribution < -0.4 is 4.90 Å². The first kappa shape index (κ1) is 20.1. The molecule has 0 bridgehead atoms. The molecule has 0 aliphatic carbocycles. The van der Waals surface area contributed by atoms with Crippen LogP contribution in [0.2, 0.25) is 0 Å². The Hall–Kier alpha value is -3.81. The molecule has 2 aromatic heterocycles. The first-order chi connectivity index (χ1) is 15.6. The monoisotopic (exact) mass is 427 g/mol. The van der Waals surface area contributed by atoms with Gasteiger partial charge in [-0.1, -0.05) is 52.7 Å². The van der Waals surface area contributed by atoms with Gasteiger partial charge in [-0.15, -0.1) is 5.10 Å². The highest BCUT2D eigenvalue weighted by Gasteiger charge is 2.25. The van der Waals surface area contributed by atoms with Gasteiger partial charge in [0.25, 0.3) is 0 Å². The first-order valence-electron chi connectivity index (χ1n) is 10.8. The van der Waals surface area contributed by atoms with Gasteiger partial charge in [0, 0.05) is 26.2 Å². The molecule has 0 radical (unpaired) electrons. The van der Waals surface area contributed by atoms with E-state index >= 15 is 0 Å². The summed E-state index contributed by atoms with van der Waals surface area (Å²) < 4.78 is 1.74. The highest BCUT2D eigenvalue weighted by molar-refractivity contribution is 5.84. The first-order valence-corrected chi connectivity index (χ1v) is 10.8. The van der Waals surface area contributed by atoms with E-state index in [-0.39, 0.29) is 5.91 Å². The lowest BCUT2D eigenvalue weighted by atomic mass is 10.1. The fraction of sp³-hybridized carbons (Fsp3) is 0.292. The van der Waals surface area contributed by atoms with Crippen molar-refractivity contribution in [3.8, 4) is 5.69 Å². The lowest BCUT2D eigenvalue weighted by Gasteiger charge is -2.35. The van der Waals surface area contributed by atoms with Crippen molar-refractivity contribution in [3.63, 3.8) is 0 Å². The summed E-state index contributed by atoms with van der Waals surface area (Å²) >= 11 is 0. The van der Waals surface area contributed by atoms with E-state index < -0.39 is 0 Å². The lowest BCUT2D eigenvalue weighted by Crippen LogP contribution is -2.49. The number of amides is 1. The Labute approximate surface area is 186 Å². The van der Waals surface area contributed by atoms with Crippen LogP contribution in [0.4, 0.5) is 5.82 Å². The van der Waals surface area contributed by atoms with Crippen molar-refractivity contribution in [1.82, 2.24) is 29.9 Å². The fourth-order valence-electron chi connectivity index (χ4n) is 4.10. The van der Waals surface area contributed by atoms with Gasteiger partial charge in [0.2, 0.25) is 5.91 Å². The van der Waals surface area contributed by atoms with Crippen molar-refractivity contribution in [2.75, 3.05) is 31.1 Å². The van der Waals surface area contributed by atoms with Crippen LogP contribution >= 0.6 is 0 Å². The number of aromatic nitrogens is 5. The van der Waals surface area contributed by atoms with Crippen LogP contribution in [0.3, 0.4) is 0 Å². The zero-order chi connectivity index (χ0) is 22.1. The minimum Gasteiger partial charge on any atom is -0.351 e. The third kappa shape index (κ3) is 3.91. The third-order valence-electron chi connectivity index (χ3n) is 5.87. The molecule has 32 heavy (non-hydrogen) atoms. The van der Waals surface area contributed by atoms with Crippen molar-refractivity contribution in [3.05, 3.63) is 71.5 Å². The predicted molar refractivity (Wildman–Crippen MR) is 123 cm³/mol. The molecule has 1 amide bonds. The number of fused-ring (bicyclic) bond motifs is 1. The fourth-order valence-corrected chi connectivity index (χ4v) is 4.10. The van der Waals surface area contributed by atoms with E-state index in [0.717, 1.165) is 17.1 Å². The smallest absolute Gasteiger partial charge is 0.227 e. The van der Waals surface area contributed by atoms with Gasteiger partial charge in [0.1, 0.15) is 6.33 Å². The maximum absolute atomic E-state index is 12.8. The standard InChI is InChI=1S/C24H25N7O/c1-17-6-8-20(9-7-17)31-24-22(27-28-31)23(25-16-26-24)30-12-10-29(11-13-30)21(32)15-19-5-3-4-18(2)14-19/h3-9,14,16H,10-13,15H2,1-2H3. The second-order valence-corrected chi connectivity index (χ2v) is 8.24. The lowest BCUT2D eigenvalue weighted by molar-refractivity contribution is -0.130. The van der Waals surface area contributed by atoms with Gasteiger partial charge in [-0.25, -0.2) is 9.97 Å². The van der Waals surface area contributed by atoms with Crippen molar-refractivity contribution in [2.24, 2.45) is 0 Å². The molecular formula is C24H25N7O. The van der Waals surface area contributed by atoms with Crippen LogP contribution in [0.1, 0.15) is 16.7 Å². The molecule has 0 spiro atoms. The van der Waals surface area contributed by atoms with Crippen molar-refractivity contribution in [1.29, 1.82) is 0 Å². The van der Waals surface area contributed by atoms with Gasteiger partial charge >= 0.3 is 0 Å². The van der Waals surface area contributed by atoms with Crippen LogP contribution in [-0.2, 0) is 11.2 Å². The number of hydrogen-bond acceptors (Lipinski definition) is 6. The van der Waals surface area contributed by atoms with Gasteiger partial charge in [-0.2, -0.15) is 4.68 Å². The number of nitrogens with zero attached hydrogens (tertiary/aromatic N) is 7. The molecule has 0 saturated carbocycles. The molecule has 2 aromatic carbocycles. The van der Waals surface area contributed by atoms with Crippen LogP contribution in [0, 0.1) is 13.8 Å². The topological polar surface area (TPSA) is 80.0 Å². The molecule has 5 rings (SSSR count). The van der Waals surface area contributed by atoms with E-state index in [2.05, 4.69) is 38.2 Å². The second kappa shape index (κ2) is 8.37. The molecule has 0 atom stereocenters. The molecule has 1 aliphatic heterocycles. The van der Waals surface area contributed by atoms with Crippen LogP contribution in [0.15, 0.2) is 54.9 Å². The molecule has 0 unspecified atom stereocenters. The molecule has 1 aliphatic rings. The van der Waals surface area contributed by atoms with Crippen LogP contribution in [0.5, 0.6) is 0 Å². The third-order valence-corrected chi connectivity index (χ3v) is 5.87. The average Bonchev–Trinajstić information content (AvgIpc) is 3.24. The molecule has 162 valence electrons. The summed E-state index contributed by atoms with van der Waals surface area (Å²) in [5.74, 6) is 0.924. The maximum atomic E-state index is 12.8. The summed E-state index contributed by atoms with van der Waals surface area (Å²) in [4.78, 5) is 25.8. The van der Waals surface area contributed by atoms with Gasteiger partial charge in [-0.3, -0.25) is 4.79 Å².